The summed E-state index contributed by atoms with van der Waals surface area (Å²) in [5.41, 5.74) is 0.848. The SMILES string of the molecule is O=C(CCC(=O)OCC(=O)Nc1ccc(Cl)cc1Cl)Nc1ccc(Oc2ccc(Cl)cc2Cl)cc1. The molecule has 35 heavy (non-hydrogen) atoms. The summed E-state index contributed by atoms with van der Waals surface area (Å²) in [6, 6.07) is 16.0. The lowest BCUT2D eigenvalue weighted by Crippen LogP contribution is -2.22. The predicted molar refractivity (Wildman–Crippen MR) is 137 cm³/mol. The number of ether oxygens (including phenoxy) is 2. The van der Waals surface area contributed by atoms with Crippen molar-refractivity contribution in [2.45, 2.75) is 12.8 Å². The van der Waals surface area contributed by atoms with E-state index in [0.29, 0.717) is 37.9 Å². The molecule has 2 N–H and O–H groups in total. The highest BCUT2D eigenvalue weighted by atomic mass is 35.5. The number of nitrogens with one attached hydrogen (secondary N) is 2. The van der Waals surface area contributed by atoms with Crippen LogP contribution >= 0.6 is 46.4 Å². The lowest BCUT2D eigenvalue weighted by molar-refractivity contribution is -0.147. The van der Waals surface area contributed by atoms with Crippen LogP contribution in [0.3, 0.4) is 0 Å². The van der Waals surface area contributed by atoms with E-state index in [1.165, 1.54) is 12.1 Å². The summed E-state index contributed by atoms with van der Waals surface area (Å²) in [7, 11) is 0. The fourth-order valence-corrected chi connectivity index (χ4v) is 3.63. The molecule has 11 heteroatoms. The molecule has 0 unspecified atom stereocenters. The first-order valence-corrected chi connectivity index (χ1v) is 11.6. The number of carbonyl (C=O) groups is 3. The van der Waals surface area contributed by atoms with Crippen molar-refractivity contribution >= 4 is 75.6 Å². The Hall–Kier alpha value is -2.97. The highest BCUT2D eigenvalue weighted by Gasteiger charge is 2.12. The minimum Gasteiger partial charge on any atom is -0.456 e. The van der Waals surface area contributed by atoms with E-state index in [1.807, 2.05) is 0 Å². The van der Waals surface area contributed by atoms with Gasteiger partial charge in [0, 0.05) is 22.2 Å². The van der Waals surface area contributed by atoms with Crippen LogP contribution in [0.25, 0.3) is 0 Å². The zero-order chi connectivity index (χ0) is 25.4. The van der Waals surface area contributed by atoms with E-state index in [1.54, 1.807) is 48.5 Å². The molecule has 0 aliphatic carbocycles. The zero-order valence-electron chi connectivity index (χ0n) is 17.9. The summed E-state index contributed by atoms with van der Waals surface area (Å²) < 4.78 is 10.6. The van der Waals surface area contributed by atoms with Gasteiger partial charge in [0.15, 0.2) is 6.61 Å². The van der Waals surface area contributed by atoms with Gasteiger partial charge in [-0.1, -0.05) is 46.4 Å². The van der Waals surface area contributed by atoms with Crippen LogP contribution in [-0.4, -0.2) is 24.4 Å². The molecule has 182 valence electrons. The minimum atomic E-state index is -0.693. The Bertz CT molecular complexity index is 1240. The van der Waals surface area contributed by atoms with Gasteiger partial charge < -0.3 is 20.1 Å². The Morgan fingerprint density at radius 2 is 1.37 bits per heavy atom. The molecule has 7 nitrogen and oxygen atoms in total. The molecule has 2 amide bonds. The van der Waals surface area contributed by atoms with Crippen LogP contribution in [-0.2, 0) is 19.1 Å². The van der Waals surface area contributed by atoms with E-state index in [2.05, 4.69) is 10.6 Å². The Morgan fingerprint density at radius 1 is 0.714 bits per heavy atom. The molecule has 3 aromatic rings. The quantitative estimate of drug-likeness (QED) is 0.277. The molecule has 0 atom stereocenters. The summed E-state index contributed by atoms with van der Waals surface area (Å²) in [5, 5.41) is 6.71. The molecular formula is C24H18Cl4N2O5. The van der Waals surface area contributed by atoms with Gasteiger partial charge in [0.05, 0.1) is 22.2 Å². The van der Waals surface area contributed by atoms with Gasteiger partial charge in [0.1, 0.15) is 11.5 Å². The van der Waals surface area contributed by atoms with Crippen molar-refractivity contribution in [2.24, 2.45) is 0 Å². The van der Waals surface area contributed by atoms with Crippen LogP contribution in [0.5, 0.6) is 11.5 Å². The largest absolute Gasteiger partial charge is 0.456 e. The van der Waals surface area contributed by atoms with Crippen molar-refractivity contribution in [2.75, 3.05) is 17.2 Å². The maximum atomic E-state index is 12.1. The van der Waals surface area contributed by atoms with Crippen LogP contribution in [0.1, 0.15) is 12.8 Å². The highest BCUT2D eigenvalue weighted by Crippen LogP contribution is 2.32. The third kappa shape index (κ3) is 8.64. The summed E-state index contributed by atoms with van der Waals surface area (Å²) in [6.45, 7) is -0.515. The molecule has 0 saturated heterocycles. The van der Waals surface area contributed by atoms with E-state index in [0.717, 1.165) is 0 Å². The summed E-state index contributed by atoms with van der Waals surface area (Å²) in [6.07, 6.45) is -0.320. The first kappa shape index (κ1) is 26.6. The number of amides is 2. The average Bonchev–Trinajstić information content (AvgIpc) is 2.81. The molecule has 0 spiro atoms. The topological polar surface area (TPSA) is 93.7 Å². The van der Waals surface area contributed by atoms with Crippen molar-refractivity contribution in [3.8, 4) is 11.5 Å². The number of esters is 1. The molecule has 0 aliphatic heterocycles. The second kappa shape index (κ2) is 12.7. The van der Waals surface area contributed by atoms with Crippen molar-refractivity contribution < 1.29 is 23.9 Å². The molecule has 0 bridgehead atoms. The van der Waals surface area contributed by atoms with Gasteiger partial charge in [-0.15, -0.1) is 0 Å². The van der Waals surface area contributed by atoms with Crippen molar-refractivity contribution in [1.82, 2.24) is 0 Å². The van der Waals surface area contributed by atoms with Gasteiger partial charge >= 0.3 is 5.97 Å². The highest BCUT2D eigenvalue weighted by molar-refractivity contribution is 6.37. The second-order valence-corrected chi connectivity index (χ2v) is 8.77. The van der Waals surface area contributed by atoms with Gasteiger partial charge in [-0.3, -0.25) is 14.4 Å². The fourth-order valence-electron chi connectivity index (χ4n) is 2.73. The van der Waals surface area contributed by atoms with E-state index in [9.17, 15) is 14.4 Å². The van der Waals surface area contributed by atoms with Crippen molar-refractivity contribution in [1.29, 1.82) is 0 Å². The monoisotopic (exact) mass is 554 g/mol. The molecular weight excluding hydrogens is 538 g/mol. The molecule has 0 aliphatic rings. The molecule has 0 heterocycles. The number of hydrogen-bond donors (Lipinski definition) is 2. The van der Waals surface area contributed by atoms with Gasteiger partial charge in [-0.05, 0) is 60.7 Å². The maximum absolute atomic E-state index is 12.1. The Balaban J connectivity index is 1.39. The van der Waals surface area contributed by atoms with Crippen LogP contribution < -0.4 is 15.4 Å². The van der Waals surface area contributed by atoms with Crippen LogP contribution in [0.4, 0.5) is 11.4 Å². The first-order chi connectivity index (χ1) is 16.7. The van der Waals surface area contributed by atoms with E-state index >= 15 is 0 Å². The number of halogens is 4. The van der Waals surface area contributed by atoms with E-state index in [-0.39, 0.29) is 17.9 Å². The summed E-state index contributed by atoms with van der Waals surface area (Å²) >= 11 is 23.7. The number of carbonyl (C=O) groups excluding carboxylic acids is 3. The first-order valence-electron chi connectivity index (χ1n) is 10.1. The van der Waals surface area contributed by atoms with Crippen LogP contribution in [0, 0.1) is 0 Å². The smallest absolute Gasteiger partial charge is 0.306 e. The minimum absolute atomic E-state index is 0.123. The second-order valence-electron chi connectivity index (χ2n) is 7.08. The molecule has 0 saturated carbocycles. The maximum Gasteiger partial charge on any atom is 0.306 e. The molecule has 0 radical (unpaired) electrons. The molecule has 0 aromatic heterocycles. The van der Waals surface area contributed by atoms with Gasteiger partial charge in [-0.2, -0.15) is 0 Å². The molecule has 3 rings (SSSR count). The number of anilines is 2. The average molecular weight is 556 g/mol. The standard InChI is InChI=1S/C24H18Cl4N2O5/c25-14-1-7-20(18(27)11-14)30-23(32)13-34-24(33)10-9-22(31)29-16-3-5-17(6-4-16)35-21-8-2-15(26)12-19(21)28/h1-8,11-12H,9-10,13H2,(H,29,31)(H,30,32). The number of hydrogen-bond acceptors (Lipinski definition) is 5. The van der Waals surface area contributed by atoms with Crippen molar-refractivity contribution in [3.05, 3.63) is 80.8 Å². The third-order valence-corrected chi connectivity index (χ3v) is 5.46. The Labute approximate surface area is 221 Å². The van der Waals surface area contributed by atoms with Gasteiger partial charge in [-0.25, -0.2) is 0 Å². The summed E-state index contributed by atoms with van der Waals surface area (Å²) in [4.78, 5) is 35.9. The van der Waals surface area contributed by atoms with E-state index in [4.69, 9.17) is 55.9 Å². The third-order valence-electron chi connectivity index (χ3n) is 4.39. The molecule has 0 fully saturated rings. The van der Waals surface area contributed by atoms with Crippen molar-refractivity contribution in [3.63, 3.8) is 0 Å². The number of rotatable bonds is 9. The zero-order valence-corrected chi connectivity index (χ0v) is 21.0. The predicted octanol–water partition coefficient (Wildman–Crippen LogP) is 6.99. The Morgan fingerprint density at radius 3 is 2.03 bits per heavy atom. The fraction of sp³-hybridized carbons (Fsp3) is 0.125. The lowest BCUT2D eigenvalue weighted by Gasteiger charge is -2.10. The molecule has 3 aromatic carbocycles. The van der Waals surface area contributed by atoms with E-state index < -0.39 is 24.4 Å². The van der Waals surface area contributed by atoms with Crippen LogP contribution in [0.15, 0.2) is 60.7 Å². The number of benzene rings is 3. The van der Waals surface area contributed by atoms with Crippen LogP contribution in [0.2, 0.25) is 20.1 Å². The summed E-state index contributed by atoms with van der Waals surface area (Å²) in [5.74, 6) is -0.714. The Kier molecular flexibility index (Phi) is 9.63. The van der Waals surface area contributed by atoms with Gasteiger partial charge in [0.25, 0.3) is 5.91 Å². The normalized spacial score (nSPS) is 10.4. The lowest BCUT2D eigenvalue weighted by atomic mass is 10.2. The van der Waals surface area contributed by atoms with Gasteiger partial charge in [0.2, 0.25) is 5.91 Å².